The molecule has 114 valence electrons. The molecule has 0 unspecified atom stereocenters. The van der Waals surface area contributed by atoms with Gasteiger partial charge in [-0.3, -0.25) is 9.67 Å². The highest BCUT2D eigenvalue weighted by Crippen LogP contribution is 2.25. The van der Waals surface area contributed by atoms with Crippen LogP contribution in [0.25, 0.3) is 10.9 Å². The molecule has 1 aromatic carbocycles. The fourth-order valence-corrected chi connectivity index (χ4v) is 2.73. The Labute approximate surface area is 133 Å². The number of pyridine rings is 1. The monoisotopic (exact) mass is 367 g/mol. The maximum atomic E-state index is 14.1. The second-order valence-corrected chi connectivity index (χ2v) is 5.39. The molecule has 0 aliphatic carbocycles. The molecule has 3 rings (SSSR count). The molecule has 0 bridgehead atoms. The highest BCUT2D eigenvalue weighted by atomic mass is 79.9. The van der Waals surface area contributed by atoms with E-state index < -0.39 is 11.6 Å². The summed E-state index contributed by atoms with van der Waals surface area (Å²) in [5.41, 5.74) is 0.687. The third kappa shape index (κ3) is 2.68. The molecule has 0 fully saturated rings. The topological polar surface area (TPSA) is 39.9 Å². The van der Waals surface area contributed by atoms with Crippen LogP contribution in [0.3, 0.4) is 0 Å². The van der Waals surface area contributed by atoms with Crippen molar-refractivity contribution >= 4 is 26.8 Å². The molecule has 2 aromatic heterocycles. The first kappa shape index (κ1) is 14.9. The van der Waals surface area contributed by atoms with Crippen LogP contribution < -0.4 is 4.74 Å². The van der Waals surface area contributed by atoms with Gasteiger partial charge in [0.1, 0.15) is 22.0 Å². The zero-order valence-corrected chi connectivity index (χ0v) is 13.3. The molecule has 0 radical (unpaired) electrons. The van der Waals surface area contributed by atoms with Crippen LogP contribution in [0.15, 0.2) is 35.2 Å². The Hall–Kier alpha value is -2.02. The summed E-state index contributed by atoms with van der Waals surface area (Å²) in [7, 11) is 0. The molecule has 7 heteroatoms. The Bertz CT molecular complexity index is 812. The Morgan fingerprint density at radius 3 is 2.68 bits per heavy atom. The number of rotatable bonds is 4. The molecular weight excluding hydrogens is 356 g/mol. The summed E-state index contributed by atoms with van der Waals surface area (Å²) < 4.78 is 35.5. The van der Waals surface area contributed by atoms with E-state index in [0.717, 1.165) is 10.9 Å². The maximum Gasteiger partial charge on any atom is 0.137 e. The Morgan fingerprint density at radius 1 is 1.27 bits per heavy atom. The van der Waals surface area contributed by atoms with Crippen molar-refractivity contribution in [3.05, 3.63) is 52.4 Å². The molecule has 0 saturated carbocycles. The van der Waals surface area contributed by atoms with Gasteiger partial charge in [-0.25, -0.2) is 8.78 Å². The Morgan fingerprint density at radius 2 is 2.00 bits per heavy atom. The third-order valence-electron chi connectivity index (χ3n) is 3.24. The molecule has 2 heterocycles. The van der Waals surface area contributed by atoms with Crippen LogP contribution in [0.1, 0.15) is 12.5 Å². The fraction of sp³-hybridized carbons (Fsp3) is 0.200. The number of aromatic nitrogens is 3. The minimum absolute atomic E-state index is 0.0177. The van der Waals surface area contributed by atoms with E-state index in [1.807, 2.05) is 0 Å². The summed E-state index contributed by atoms with van der Waals surface area (Å²) in [6.45, 7) is 2.09. The van der Waals surface area contributed by atoms with E-state index in [1.165, 1.54) is 16.8 Å². The number of nitrogens with zero attached hydrogens (tertiary/aromatic N) is 3. The number of ether oxygens (including phenoxy) is 1. The lowest BCUT2D eigenvalue weighted by Gasteiger charge is -2.09. The number of hydrogen-bond donors (Lipinski definition) is 0. The lowest BCUT2D eigenvalue weighted by molar-refractivity contribution is 0.335. The van der Waals surface area contributed by atoms with Gasteiger partial charge in [0.25, 0.3) is 0 Å². The first-order valence-corrected chi connectivity index (χ1v) is 7.46. The minimum atomic E-state index is -0.655. The van der Waals surface area contributed by atoms with Crippen molar-refractivity contribution in [2.24, 2.45) is 0 Å². The molecule has 0 aliphatic rings. The van der Waals surface area contributed by atoms with E-state index in [1.54, 1.807) is 25.4 Å². The lowest BCUT2D eigenvalue weighted by atomic mass is 10.2. The van der Waals surface area contributed by atoms with Gasteiger partial charge in [-0.2, -0.15) is 5.10 Å². The Balaban J connectivity index is 2.02. The van der Waals surface area contributed by atoms with Gasteiger partial charge >= 0.3 is 0 Å². The number of halogens is 3. The van der Waals surface area contributed by atoms with Crippen molar-refractivity contribution in [3.63, 3.8) is 0 Å². The second kappa shape index (κ2) is 6.00. The van der Waals surface area contributed by atoms with E-state index in [9.17, 15) is 8.78 Å². The number of benzene rings is 1. The zero-order chi connectivity index (χ0) is 15.7. The van der Waals surface area contributed by atoms with E-state index in [-0.39, 0.29) is 17.9 Å². The molecule has 0 saturated heterocycles. The van der Waals surface area contributed by atoms with Gasteiger partial charge in [-0.05, 0) is 28.9 Å². The molecule has 0 spiro atoms. The standard InChI is InChI=1S/C15H12BrF2N3O/c1-2-22-9-5-12(17)11(13(18)6-9)8-21-14-3-4-19-7-10(14)15(16)20-21/h3-7H,2,8H2,1H3. The summed E-state index contributed by atoms with van der Waals surface area (Å²) >= 11 is 3.32. The minimum Gasteiger partial charge on any atom is -0.494 e. The number of fused-ring (bicyclic) bond motifs is 1. The molecule has 3 aromatic rings. The van der Waals surface area contributed by atoms with Crippen molar-refractivity contribution in [1.29, 1.82) is 0 Å². The molecule has 0 amide bonds. The molecule has 0 atom stereocenters. The summed E-state index contributed by atoms with van der Waals surface area (Å²) in [5.74, 6) is -1.13. The van der Waals surface area contributed by atoms with Gasteiger partial charge in [0.2, 0.25) is 0 Å². The molecule has 0 aliphatic heterocycles. The first-order chi connectivity index (χ1) is 10.6. The second-order valence-electron chi connectivity index (χ2n) is 4.64. The predicted octanol–water partition coefficient (Wildman–Crippen LogP) is 3.92. The summed E-state index contributed by atoms with van der Waals surface area (Å²) in [6, 6.07) is 4.12. The van der Waals surface area contributed by atoms with Crippen LogP contribution in [0.5, 0.6) is 5.75 Å². The Kier molecular flexibility index (Phi) is 4.06. The van der Waals surface area contributed by atoms with Crippen LogP contribution in [-0.4, -0.2) is 21.4 Å². The smallest absolute Gasteiger partial charge is 0.137 e. The molecule has 4 nitrogen and oxygen atoms in total. The van der Waals surface area contributed by atoms with Crippen molar-refractivity contribution < 1.29 is 13.5 Å². The van der Waals surface area contributed by atoms with Crippen molar-refractivity contribution in [2.45, 2.75) is 13.5 Å². The first-order valence-electron chi connectivity index (χ1n) is 6.67. The zero-order valence-electron chi connectivity index (χ0n) is 11.7. The molecule has 0 N–H and O–H groups in total. The van der Waals surface area contributed by atoms with Crippen molar-refractivity contribution in [3.8, 4) is 5.75 Å². The van der Waals surface area contributed by atoms with E-state index in [0.29, 0.717) is 11.2 Å². The SMILES string of the molecule is CCOc1cc(F)c(Cn2nc(Br)c3cnccc32)c(F)c1. The van der Waals surface area contributed by atoms with Gasteiger partial charge in [0.15, 0.2) is 0 Å². The average molecular weight is 368 g/mol. The largest absolute Gasteiger partial charge is 0.494 e. The normalized spacial score (nSPS) is 11.1. The highest BCUT2D eigenvalue weighted by molar-refractivity contribution is 9.10. The molecular formula is C15H12BrF2N3O. The van der Waals surface area contributed by atoms with Gasteiger partial charge in [-0.15, -0.1) is 0 Å². The summed E-state index contributed by atoms with van der Waals surface area (Å²) in [6.07, 6.45) is 3.26. The lowest BCUT2D eigenvalue weighted by Crippen LogP contribution is -2.07. The average Bonchev–Trinajstić information content (AvgIpc) is 2.80. The van der Waals surface area contributed by atoms with Crippen molar-refractivity contribution in [2.75, 3.05) is 6.61 Å². The third-order valence-corrected chi connectivity index (χ3v) is 3.83. The predicted molar refractivity (Wildman–Crippen MR) is 81.9 cm³/mol. The van der Waals surface area contributed by atoms with Gasteiger partial charge in [0, 0.05) is 30.1 Å². The van der Waals surface area contributed by atoms with Crippen LogP contribution in [0.4, 0.5) is 8.78 Å². The molecule has 22 heavy (non-hydrogen) atoms. The van der Waals surface area contributed by atoms with Crippen LogP contribution in [-0.2, 0) is 6.54 Å². The highest BCUT2D eigenvalue weighted by Gasteiger charge is 2.15. The van der Waals surface area contributed by atoms with Crippen molar-refractivity contribution in [1.82, 2.24) is 14.8 Å². The van der Waals surface area contributed by atoms with Gasteiger partial charge in [-0.1, -0.05) is 0 Å². The maximum absolute atomic E-state index is 14.1. The summed E-state index contributed by atoms with van der Waals surface area (Å²) in [5, 5.41) is 5.04. The number of hydrogen-bond acceptors (Lipinski definition) is 3. The van der Waals surface area contributed by atoms with Gasteiger partial charge < -0.3 is 4.74 Å². The summed E-state index contributed by atoms with van der Waals surface area (Å²) in [4.78, 5) is 4.01. The van der Waals surface area contributed by atoms with E-state index in [4.69, 9.17) is 4.74 Å². The van der Waals surface area contributed by atoms with Crippen LogP contribution >= 0.6 is 15.9 Å². The van der Waals surface area contributed by atoms with Crippen LogP contribution in [0.2, 0.25) is 0 Å². The quantitative estimate of drug-likeness (QED) is 0.701. The van der Waals surface area contributed by atoms with E-state index in [2.05, 4.69) is 26.0 Å². The fourth-order valence-electron chi connectivity index (χ4n) is 2.24. The van der Waals surface area contributed by atoms with E-state index >= 15 is 0 Å². The van der Waals surface area contributed by atoms with Gasteiger partial charge in [0.05, 0.1) is 24.1 Å². The van der Waals surface area contributed by atoms with Crippen LogP contribution in [0, 0.1) is 11.6 Å².